The maximum atomic E-state index is 13.9. The molecule has 0 radical (unpaired) electrons. The summed E-state index contributed by atoms with van der Waals surface area (Å²) in [7, 11) is 0. The van der Waals surface area contributed by atoms with Gasteiger partial charge in [0.2, 0.25) is 0 Å². The molecule has 6 nitrogen and oxygen atoms in total. The van der Waals surface area contributed by atoms with Crippen LogP contribution in [0.25, 0.3) is 0 Å². The molecule has 122 valence electrons. The average Bonchev–Trinajstić information content (AvgIpc) is 2.27. The number of pyridine rings is 1. The summed E-state index contributed by atoms with van der Waals surface area (Å²) in [5.41, 5.74) is -1.72. The summed E-state index contributed by atoms with van der Waals surface area (Å²) in [6.07, 6.45) is -0.848. The highest BCUT2D eigenvalue weighted by Crippen LogP contribution is 2.22. The Morgan fingerprint density at radius 2 is 1.50 bits per heavy atom. The maximum Gasteiger partial charge on any atom is 0.425 e. The molecule has 0 bridgehead atoms. The molecule has 1 aromatic heterocycles. The van der Waals surface area contributed by atoms with E-state index in [1.54, 1.807) is 41.5 Å². The monoisotopic (exact) mass is 312 g/mol. The number of carbonyl (C=O) groups excluding carboxylic acids is 2. The topological polar surface area (TPSA) is 68.7 Å². The highest BCUT2D eigenvalue weighted by molar-refractivity contribution is 6.08. The minimum absolute atomic E-state index is 0.450. The third kappa shape index (κ3) is 5.31. The molecule has 0 aromatic carbocycles. The number of anilines is 1. The Morgan fingerprint density at radius 1 is 1.05 bits per heavy atom. The number of aromatic nitrogens is 1. The molecule has 0 saturated heterocycles. The second kappa shape index (κ2) is 6.29. The van der Waals surface area contributed by atoms with Crippen LogP contribution in [0.4, 0.5) is 19.8 Å². The van der Waals surface area contributed by atoms with E-state index in [4.69, 9.17) is 9.47 Å². The van der Waals surface area contributed by atoms with Gasteiger partial charge in [-0.05, 0) is 53.7 Å². The quantitative estimate of drug-likeness (QED) is 0.786. The molecule has 1 rings (SSSR count). The molecular formula is C15H21FN2O4. The van der Waals surface area contributed by atoms with E-state index in [1.807, 2.05) is 0 Å². The number of halogens is 1. The predicted octanol–water partition coefficient (Wildman–Crippen LogP) is 3.90. The number of imide groups is 1. The Labute approximate surface area is 129 Å². The molecule has 0 atom stereocenters. The molecule has 1 aromatic rings. The minimum atomic E-state index is -1.06. The SMILES string of the molecule is CC(C)(C)OC(=O)N(C(=O)OC(C)(C)C)c1ncccc1F. The zero-order valence-electron chi connectivity index (χ0n) is 13.6. The van der Waals surface area contributed by atoms with Crippen LogP contribution in [0, 0.1) is 5.82 Å². The number of nitrogens with zero attached hydrogens (tertiary/aromatic N) is 2. The van der Waals surface area contributed by atoms with Crippen LogP contribution in [0.1, 0.15) is 41.5 Å². The van der Waals surface area contributed by atoms with Crippen molar-refractivity contribution in [2.24, 2.45) is 0 Å². The number of ether oxygens (including phenoxy) is 2. The summed E-state index contributed by atoms with van der Waals surface area (Å²) in [4.78, 5) is 28.7. The Bertz CT molecular complexity index is 533. The van der Waals surface area contributed by atoms with E-state index in [9.17, 15) is 14.0 Å². The van der Waals surface area contributed by atoms with Gasteiger partial charge in [0.1, 0.15) is 11.2 Å². The molecule has 0 aliphatic rings. The van der Waals surface area contributed by atoms with Crippen molar-refractivity contribution in [2.75, 3.05) is 4.90 Å². The molecule has 7 heteroatoms. The first-order valence-corrected chi connectivity index (χ1v) is 6.77. The predicted molar refractivity (Wildman–Crippen MR) is 79.1 cm³/mol. The minimum Gasteiger partial charge on any atom is -0.443 e. The van der Waals surface area contributed by atoms with Crippen molar-refractivity contribution in [3.05, 3.63) is 24.1 Å². The summed E-state index contributed by atoms with van der Waals surface area (Å²) in [5.74, 6) is -1.30. The van der Waals surface area contributed by atoms with Crippen LogP contribution < -0.4 is 4.90 Å². The van der Waals surface area contributed by atoms with Gasteiger partial charge in [-0.25, -0.2) is 19.0 Å². The summed E-state index contributed by atoms with van der Waals surface area (Å²) in [6.45, 7) is 9.79. The van der Waals surface area contributed by atoms with E-state index in [-0.39, 0.29) is 0 Å². The Hall–Kier alpha value is -2.18. The molecule has 0 aliphatic carbocycles. The molecule has 2 amide bonds. The lowest BCUT2D eigenvalue weighted by Gasteiger charge is -2.28. The van der Waals surface area contributed by atoms with Crippen molar-refractivity contribution < 1.29 is 23.5 Å². The second-order valence-electron chi connectivity index (χ2n) is 6.60. The normalized spacial score (nSPS) is 11.8. The number of rotatable bonds is 1. The van der Waals surface area contributed by atoms with E-state index in [1.165, 1.54) is 12.3 Å². The molecule has 0 fully saturated rings. The third-order valence-electron chi connectivity index (χ3n) is 2.10. The fourth-order valence-electron chi connectivity index (χ4n) is 1.40. The van der Waals surface area contributed by atoms with Crippen LogP contribution in [0.5, 0.6) is 0 Å². The zero-order valence-corrected chi connectivity index (χ0v) is 13.6. The molecule has 0 N–H and O–H groups in total. The van der Waals surface area contributed by atoms with Gasteiger partial charge in [-0.1, -0.05) is 0 Å². The smallest absolute Gasteiger partial charge is 0.425 e. The fourth-order valence-corrected chi connectivity index (χ4v) is 1.40. The summed E-state index contributed by atoms with van der Waals surface area (Å²) < 4.78 is 24.2. The van der Waals surface area contributed by atoms with Crippen molar-refractivity contribution in [3.8, 4) is 0 Å². The van der Waals surface area contributed by atoms with Crippen LogP contribution in [0.15, 0.2) is 18.3 Å². The maximum absolute atomic E-state index is 13.9. The molecule has 0 unspecified atom stereocenters. The Balaban J connectivity index is 3.19. The standard InChI is InChI=1S/C15H21FN2O4/c1-14(2,3)21-12(19)18(13(20)22-15(4,5)6)11-10(16)8-7-9-17-11/h7-9H,1-6H3. The third-order valence-corrected chi connectivity index (χ3v) is 2.10. The largest absolute Gasteiger partial charge is 0.443 e. The first kappa shape index (κ1) is 17.9. The number of hydrogen-bond donors (Lipinski definition) is 0. The van der Waals surface area contributed by atoms with Crippen molar-refractivity contribution in [3.63, 3.8) is 0 Å². The first-order valence-electron chi connectivity index (χ1n) is 6.77. The Kier molecular flexibility index (Phi) is 5.11. The van der Waals surface area contributed by atoms with Crippen molar-refractivity contribution in [1.82, 2.24) is 4.98 Å². The Morgan fingerprint density at radius 3 is 1.86 bits per heavy atom. The molecule has 22 heavy (non-hydrogen) atoms. The van der Waals surface area contributed by atoms with E-state index in [0.29, 0.717) is 4.90 Å². The zero-order chi connectivity index (χ0) is 17.1. The van der Waals surface area contributed by atoms with Gasteiger partial charge in [-0.15, -0.1) is 0 Å². The van der Waals surface area contributed by atoms with Crippen molar-refractivity contribution in [2.45, 2.75) is 52.7 Å². The molecular weight excluding hydrogens is 291 g/mol. The van der Waals surface area contributed by atoms with Gasteiger partial charge in [0.05, 0.1) is 0 Å². The molecule has 0 aliphatic heterocycles. The van der Waals surface area contributed by atoms with Crippen LogP contribution in [-0.4, -0.2) is 28.4 Å². The van der Waals surface area contributed by atoms with E-state index in [0.717, 1.165) is 6.07 Å². The summed E-state index contributed by atoms with van der Waals surface area (Å²) >= 11 is 0. The lowest BCUT2D eigenvalue weighted by molar-refractivity contribution is 0.0427. The average molecular weight is 312 g/mol. The van der Waals surface area contributed by atoms with Crippen molar-refractivity contribution >= 4 is 18.0 Å². The second-order valence-corrected chi connectivity index (χ2v) is 6.60. The molecule has 0 saturated carbocycles. The molecule has 1 heterocycles. The van der Waals surface area contributed by atoms with Gasteiger partial charge < -0.3 is 9.47 Å². The van der Waals surface area contributed by atoms with Crippen LogP contribution >= 0.6 is 0 Å². The van der Waals surface area contributed by atoms with Crippen LogP contribution in [0.2, 0.25) is 0 Å². The van der Waals surface area contributed by atoms with Gasteiger partial charge in [0, 0.05) is 6.20 Å². The lowest BCUT2D eigenvalue weighted by Crippen LogP contribution is -2.44. The highest BCUT2D eigenvalue weighted by Gasteiger charge is 2.35. The number of amides is 2. The first-order chi connectivity index (χ1) is 9.91. The van der Waals surface area contributed by atoms with E-state index in [2.05, 4.69) is 4.98 Å². The van der Waals surface area contributed by atoms with Gasteiger partial charge in [0.25, 0.3) is 0 Å². The van der Waals surface area contributed by atoms with E-state index >= 15 is 0 Å². The highest BCUT2D eigenvalue weighted by atomic mass is 19.1. The van der Waals surface area contributed by atoms with Gasteiger partial charge >= 0.3 is 12.2 Å². The number of hydrogen-bond acceptors (Lipinski definition) is 5. The van der Waals surface area contributed by atoms with Crippen molar-refractivity contribution in [1.29, 1.82) is 0 Å². The van der Waals surface area contributed by atoms with Gasteiger partial charge in [0.15, 0.2) is 11.6 Å². The van der Waals surface area contributed by atoms with Crippen LogP contribution in [-0.2, 0) is 9.47 Å². The fraction of sp³-hybridized carbons (Fsp3) is 0.533. The van der Waals surface area contributed by atoms with Gasteiger partial charge in [-0.2, -0.15) is 4.90 Å². The summed E-state index contributed by atoms with van der Waals surface area (Å²) in [6, 6.07) is 2.44. The van der Waals surface area contributed by atoms with Crippen LogP contribution in [0.3, 0.4) is 0 Å². The number of carbonyl (C=O) groups is 2. The van der Waals surface area contributed by atoms with Gasteiger partial charge in [-0.3, -0.25) is 0 Å². The lowest BCUT2D eigenvalue weighted by atomic mass is 10.2. The summed E-state index contributed by atoms with van der Waals surface area (Å²) in [5, 5.41) is 0. The molecule has 0 spiro atoms. The van der Waals surface area contributed by atoms with E-state index < -0.39 is 35.0 Å².